The Hall–Kier alpha value is -0.0400. The Morgan fingerprint density at radius 3 is 2.20 bits per heavy atom. The second-order valence-electron chi connectivity index (χ2n) is 4.07. The van der Waals surface area contributed by atoms with Crippen molar-refractivity contribution in [1.82, 2.24) is 0 Å². The van der Waals surface area contributed by atoms with Gasteiger partial charge in [0.05, 0.1) is 12.2 Å². The van der Waals surface area contributed by atoms with Gasteiger partial charge in [-0.1, -0.05) is 20.8 Å². The van der Waals surface area contributed by atoms with Crippen molar-refractivity contribution < 1.29 is 4.74 Å². The van der Waals surface area contributed by atoms with Gasteiger partial charge in [-0.25, -0.2) is 0 Å². The highest BCUT2D eigenvalue weighted by molar-refractivity contribution is 4.95. The van der Waals surface area contributed by atoms with Gasteiger partial charge in [-0.05, 0) is 24.2 Å². The van der Waals surface area contributed by atoms with E-state index < -0.39 is 0 Å². The van der Waals surface area contributed by atoms with E-state index in [4.69, 9.17) is 4.74 Å². The molecule has 5 atom stereocenters. The van der Waals surface area contributed by atoms with Crippen molar-refractivity contribution in [3.05, 3.63) is 0 Å². The average molecular weight is 140 g/mol. The SMILES string of the molecule is CC1C2C[C@@H](C)C(O2)C1C. The van der Waals surface area contributed by atoms with Crippen LogP contribution in [0.4, 0.5) is 0 Å². The third-order valence-electron chi connectivity index (χ3n) is 3.43. The highest BCUT2D eigenvalue weighted by Crippen LogP contribution is 2.45. The minimum Gasteiger partial charge on any atom is -0.374 e. The summed E-state index contributed by atoms with van der Waals surface area (Å²) in [7, 11) is 0. The van der Waals surface area contributed by atoms with E-state index in [0.29, 0.717) is 12.2 Å². The maximum atomic E-state index is 5.81. The van der Waals surface area contributed by atoms with Crippen LogP contribution in [-0.2, 0) is 4.74 Å². The summed E-state index contributed by atoms with van der Waals surface area (Å²) in [5.74, 6) is 2.42. The molecule has 58 valence electrons. The van der Waals surface area contributed by atoms with Crippen LogP contribution in [0.2, 0.25) is 0 Å². The van der Waals surface area contributed by atoms with Crippen molar-refractivity contribution >= 4 is 0 Å². The first-order valence-electron chi connectivity index (χ1n) is 4.35. The number of hydrogen-bond donors (Lipinski definition) is 0. The summed E-state index contributed by atoms with van der Waals surface area (Å²) in [6.07, 6.45) is 2.48. The summed E-state index contributed by atoms with van der Waals surface area (Å²) in [6, 6.07) is 0. The molecule has 2 heterocycles. The first-order valence-corrected chi connectivity index (χ1v) is 4.35. The highest BCUT2D eigenvalue weighted by Gasteiger charge is 2.47. The maximum absolute atomic E-state index is 5.81. The molecule has 0 aromatic heterocycles. The normalized spacial score (nSPS) is 59.7. The monoisotopic (exact) mass is 140 g/mol. The van der Waals surface area contributed by atoms with Crippen molar-refractivity contribution in [3.8, 4) is 0 Å². The van der Waals surface area contributed by atoms with E-state index in [9.17, 15) is 0 Å². The van der Waals surface area contributed by atoms with Gasteiger partial charge in [0.25, 0.3) is 0 Å². The van der Waals surface area contributed by atoms with Crippen molar-refractivity contribution in [2.45, 2.75) is 39.4 Å². The molecule has 0 amide bonds. The van der Waals surface area contributed by atoms with Crippen LogP contribution in [0, 0.1) is 17.8 Å². The molecular formula is C9H16O. The molecule has 2 aliphatic rings. The third kappa shape index (κ3) is 0.672. The lowest BCUT2D eigenvalue weighted by atomic mass is 9.77. The summed E-state index contributed by atoms with van der Waals surface area (Å²) in [5, 5.41) is 0. The molecule has 0 radical (unpaired) electrons. The van der Waals surface area contributed by atoms with E-state index >= 15 is 0 Å². The van der Waals surface area contributed by atoms with E-state index in [1.54, 1.807) is 0 Å². The molecule has 2 saturated heterocycles. The van der Waals surface area contributed by atoms with Gasteiger partial charge in [-0.3, -0.25) is 0 Å². The topological polar surface area (TPSA) is 9.23 Å². The molecule has 1 nitrogen and oxygen atoms in total. The van der Waals surface area contributed by atoms with Crippen LogP contribution in [-0.4, -0.2) is 12.2 Å². The van der Waals surface area contributed by atoms with Crippen molar-refractivity contribution in [2.75, 3.05) is 0 Å². The van der Waals surface area contributed by atoms with E-state index in [-0.39, 0.29) is 0 Å². The minimum absolute atomic E-state index is 0.583. The van der Waals surface area contributed by atoms with Crippen LogP contribution in [0.3, 0.4) is 0 Å². The van der Waals surface area contributed by atoms with Crippen molar-refractivity contribution in [1.29, 1.82) is 0 Å². The molecule has 2 fully saturated rings. The van der Waals surface area contributed by atoms with Crippen LogP contribution in [0.25, 0.3) is 0 Å². The molecule has 10 heavy (non-hydrogen) atoms. The quantitative estimate of drug-likeness (QED) is 0.500. The predicted octanol–water partition coefficient (Wildman–Crippen LogP) is 2.07. The Balaban J connectivity index is 2.16. The molecule has 0 aliphatic carbocycles. The molecule has 0 N–H and O–H groups in total. The lowest BCUT2D eigenvalue weighted by Crippen LogP contribution is -2.27. The molecular weight excluding hydrogens is 124 g/mol. The van der Waals surface area contributed by atoms with E-state index in [0.717, 1.165) is 17.8 Å². The lowest BCUT2D eigenvalue weighted by Gasteiger charge is -2.25. The van der Waals surface area contributed by atoms with Crippen LogP contribution in [0.1, 0.15) is 27.2 Å². The fraction of sp³-hybridized carbons (Fsp3) is 1.00. The fourth-order valence-electron chi connectivity index (χ4n) is 2.51. The first kappa shape index (κ1) is 6.66. The molecule has 2 bridgehead atoms. The summed E-state index contributed by atoms with van der Waals surface area (Å²) in [4.78, 5) is 0. The number of fused-ring (bicyclic) bond motifs is 2. The molecule has 2 aliphatic heterocycles. The largest absolute Gasteiger partial charge is 0.374 e. The second kappa shape index (κ2) is 1.97. The molecule has 0 spiro atoms. The second-order valence-corrected chi connectivity index (χ2v) is 4.07. The fourth-order valence-corrected chi connectivity index (χ4v) is 2.51. The molecule has 1 heteroatoms. The van der Waals surface area contributed by atoms with E-state index in [1.807, 2.05) is 0 Å². The Labute approximate surface area is 62.8 Å². The van der Waals surface area contributed by atoms with Crippen molar-refractivity contribution in [2.24, 2.45) is 17.8 Å². The number of ether oxygens (including phenoxy) is 1. The zero-order chi connectivity index (χ0) is 7.30. The summed E-state index contributed by atoms with van der Waals surface area (Å²) < 4.78 is 5.81. The smallest absolute Gasteiger partial charge is 0.0634 e. The minimum atomic E-state index is 0.583. The summed E-state index contributed by atoms with van der Waals surface area (Å²) >= 11 is 0. The van der Waals surface area contributed by atoms with Gasteiger partial charge in [0, 0.05) is 0 Å². The maximum Gasteiger partial charge on any atom is 0.0634 e. The molecule has 4 unspecified atom stereocenters. The van der Waals surface area contributed by atoms with Gasteiger partial charge in [-0.2, -0.15) is 0 Å². The zero-order valence-electron chi connectivity index (χ0n) is 7.00. The van der Waals surface area contributed by atoms with Crippen molar-refractivity contribution in [3.63, 3.8) is 0 Å². The Morgan fingerprint density at radius 2 is 1.80 bits per heavy atom. The van der Waals surface area contributed by atoms with Gasteiger partial charge in [0.1, 0.15) is 0 Å². The van der Waals surface area contributed by atoms with Gasteiger partial charge >= 0.3 is 0 Å². The molecule has 0 aromatic rings. The third-order valence-corrected chi connectivity index (χ3v) is 3.43. The summed E-state index contributed by atoms with van der Waals surface area (Å²) in [6.45, 7) is 6.96. The van der Waals surface area contributed by atoms with Gasteiger partial charge in [-0.15, -0.1) is 0 Å². The van der Waals surface area contributed by atoms with Gasteiger partial charge in [0.2, 0.25) is 0 Å². The Kier molecular flexibility index (Phi) is 1.31. The van der Waals surface area contributed by atoms with Crippen LogP contribution < -0.4 is 0 Å². The molecule has 2 rings (SSSR count). The Bertz CT molecular complexity index is 142. The average Bonchev–Trinajstić information content (AvgIpc) is 2.36. The number of hydrogen-bond acceptors (Lipinski definition) is 1. The number of rotatable bonds is 0. The first-order chi connectivity index (χ1) is 4.70. The van der Waals surface area contributed by atoms with E-state index in [1.165, 1.54) is 6.42 Å². The van der Waals surface area contributed by atoms with Crippen LogP contribution in [0.15, 0.2) is 0 Å². The Morgan fingerprint density at radius 1 is 1.10 bits per heavy atom. The van der Waals surface area contributed by atoms with Gasteiger partial charge in [0.15, 0.2) is 0 Å². The van der Waals surface area contributed by atoms with Crippen LogP contribution >= 0.6 is 0 Å². The molecule has 0 saturated carbocycles. The van der Waals surface area contributed by atoms with E-state index in [2.05, 4.69) is 20.8 Å². The summed E-state index contributed by atoms with van der Waals surface area (Å²) in [5.41, 5.74) is 0. The zero-order valence-corrected chi connectivity index (χ0v) is 7.00. The van der Waals surface area contributed by atoms with Gasteiger partial charge < -0.3 is 4.74 Å². The molecule has 0 aromatic carbocycles. The standard InChI is InChI=1S/C9H16O/c1-5-4-8-6(2)7(3)9(5)10-8/h5-9H,4H2,1-3H3/t5-,6?,7?,8?,9?/m1/s1. The highest BCUT2D eigenvalue weighted by atomic mass is 16.5. The predicted molar refractivity (Wildman–Crippen MR) is 40.8 cm³/mol. The van der Waals surface area contributed by atoms with Crippen LogP contribution in [0.5, 0.6) is 0 Å². The lowest BCUT2D eigenvalue weighted by molar-refractivity contribution is 0.0794.